The van der Waals surface area contributed by atoms with Crippen molar-refractivity contribution in [2.75, 3.05) is 25.0 Å². The van der Waals surface area contributed by atoms with Crippen molar-refractivity contribution in [2.24, 2.45) is 0 Å². The van der Waals surface area contributed by atoms with Gasteiger partial charge in [0.05, 0.1) is 12.2 Å². The first-order valence-corrected chi connectivity index (χ1v) is 6.98. The van der Waals surface area contributed by atoms with Crippen LogP contribution in [0.15, 0.2) is 22.7 Å². The predicted octanol–water partition coefficient (Wildman–Crippen LogP) is 1.87. The van der Waals surface area contributed by atoms with E-state index in [4.69, 9.17) is 0 Å². The van der Waals surface area contributed by atoms with Crippen molar-refractivity contribution in [1.82, 2.24) is 10.6 Å². The van der Waals surface area contributed by atoms with E-state index in [0.29, 0.717) is 4.47 Å². The third-order valence-electron chi connectivity index (χ3n) is 3.25. The van der Waals surface area contributed by atoms with Gasteiger partial charge in [-0.3, -0.25) is 4.79 Å². The number of benzene rings is 1. The quantitative estimate of drug-likeness (QED) is 0.790. The smallest absolute Gasteiger partial charge is 0.238 e. The maximum atomic E-state index is 13.6. The Morgan fingerprint density at radius 2 is 2.37 bits per heavy atom. The minimum atomic E-state index is -0.448. The molecule has 0 aromatic heterocycles. The van der Waals surface area contributed by atoms with Crippen LogP contribution in [-0.4, -0.2) is 31.1 Å². The summed E-state index contributed by atoms with van der Waals surface area (Å²) in [7, 11) is 0. The lowest BCUT2D eigenvalue weighted by Crippen LogP contribution is -2.47. The van der Waals surface area contributed by atoms with Crippen LogP contribution < -0.4 is 16.0 Å². The standard InChI is InChI=1S/C13H17BrFN3O/c1-13(4-5-16-8-13)17-7-12(19)18-11-3-2-9(14)6-10(11)15/h2-3,6,16-17H,4-5,7-8H2,1H3,(H,18,19). The third-order valence-corrected chi connectivity index (χ3v) is 3.74. The van der Waals surface area contributed by atoms with Crippen molar-refractivity contribution in [3.8, 4) is 0 Å². The Hall–Kier alpha value is -0.980. The molecule has 4 nitrogen and oxygen atoms in total. The van der Waals surface area contributed by atoms with Crippen LogP contribution in [0.4, 0.5) is 10.1 Å². The number of rotatable bonds is 4. The number of nitrogens with one attached hydrogen (secondary N) is 3. The maximum Gasteiger partial charge on any atom is 0.238 e. The van der Waals surface area contributed by atoms with Gasteiger partial charge in [0.1, 0.15) is 5.82 Å². The molecule has 0 bridgehead atoms. The second kappa shape index (κ2) is 5.98. The summed E-state index contributed by atoms with van der Waals surface area (Å²) in [6.07, 6.45) is 0.979. The average molecular weight is 330 g/mol. The molecular formula is C13H17BrFN3O. The zero-order chi connectivity index (χ0) is 13.9. The molecule has 1 aromatic rings. The molecule has 1 aliphatic rings. The van der Waals surface area contributed by atoms with Crippen LogP contribution in [0.25, 0.3) is 0 Å². The molecule has 0 spiro atoms. The zero-order valence-electron chi connectivity index (χ0n) is 10.7. The van der Waals surface area contributed by atoms with Crippen LogP contribution in [0, 0.1) is 5.82 Å². The summed E-state index contributed by atoms with van der Waals surface area (Å²) in [5.41, 5.74) is 0.139. The SMILES string of the molecule is CC1(NCC(=O)Nc2ccc(Br)cc2F)CCNC1. The molecule has 1 atom stereocenters. The zero-order valence-corrected chi connectivity index (χ0v) is 12.3. The van der Waals surface area contributed by atoms with Gasteiger partial charge >= 0.3 is 0 Å². The van der Waals surface area contributed by atoms with E-state index in [2.05, 4.69) is 38.8 Å². The van der Waals surface area contributed by atoms with Crippen LogP contribution in [0.5, 0.6) is 0 Å². The first-order chi connectivity index (χ1) is 8.98. The summed E-state index contributed by atoms with van der Waals surface area (Å²) < 4.78 is 14.2. The average Bonchev–Trinajstić information content (AvgIpc) is 2.78. The first-order valence-electron chi connectivity index (χ1n) is 6.19. The highest BCUT2D eigenvalue weighted by atomic mass is 79.9. The van der Waals surface area contributed by atoms with E-state index in [9.17, 15) is 9.18 Å². The second-order valence-corrected chi connectivity index (χ2v) is 5.93. The molecule has 0 radical (unpaired) electrons. The first kappa shape index (κ1) is 14.4. The minimum Gasteiger partial charge on any atom is -0.322 e. The normalized spacial score (nSPS) is 22.5. The van der Waals surface area contributed by atoms with Gasteiger partial charge < -0.3 is 16.0 Å². The van der Waals surface area contributed by atoms with Crippen LogP contribution in [0.2, 0.25) is 0 Å². The Bertz CT molecular complexity index is 475. The van der Waals surface area contributed by atoms with Gasteiger partial charge in [-0.05, 0) is 38.1 Å². The lowest BCUT2D eigenvalue weighted by molar-refractivity contribution is -0.115. The molecule has 104 valence electrons. The summed E-state index contributed by atoms with van der Waals surface area (Å²) in [6, 6.07) is 4.55. The fourth-order valence-corrected chi connectivity index (χ4v) is 2.38. The fraction of sp³-hybridized carbons (Fsp3) is 0.462. The van der Waals surface area contributed by atoms with E-state index < -0.39 is 5.82 Å². The Kier molecular flexibility index (Phi) is 4.54. The number of halogens is 2. The predicted molar refractivity (Wildman–Crippen MR) is 76.6 cm³/mol. The van der Waals surface area contributed by atoms with Crippen molar-refractivity contribution < 1.29 is 9.18 Å². The van der Waals surface area contributed by atoms with E-state index in [1.165, 1.54) is 12.1 Å². The highest BCUT2D eigenvalue weighted by Gasteiger charge is 2.28. The molecule has 1 saturated heterocycles. The molecule has 3 N–H and O–H groups in total. The van der Waals surface area contributed by atoms with Gasteiger partial charge in [-0.25, -0.2) is 4.39 Å². The molecular weight excluding hydrogens is 313 g/mol. The monoisotopic (exact) mass is 329 g/mol. The molecule has 1 amide bonds. The van der Waals surface area contributed by atoms with Crippen molar-refractivity contribution in [3.63, 3.8) is 0 Å². The minimum absolute atomic E-state index is 0.0599. The molecule has 1 heterocycles. The molecule has 19 heavy (non-hydrogen) atoms. The summed E-state index contributed by atoms with van der Waals surface area (Å²) in [4.78, 5) is 11.8. The van der Waals surface area contributed by atoms with Crippen molar-refractivity contribution in [1.29, 1.82) is 0 Å². The number of carbonyl (C=O) groups is 1. The van der Waals surface area contributed by atoms with E-state index >= 15 is 0 Å². The summed E-state index contributed by atoms with van der Waals surface area (Å²) in [6.45, 7) is 4.04. The number of carbonyl (C=O) groups excluding carboxylic acids is 1. The molecule has 6 heteroatoms. The second-order valence-electron chi connectivity index (χ2n) is 5.01. The summed E-state index contributed by atoms with van der Waals surface area (Å²) in [5, 5.41) is 9.01. The Labute approximate surface area is 120 Å². The largest absolute Gasteiger partial charge is 0.322 e. The van der Waals surface area contributed by atoms with Gasteiger partial charge in [0.15, 0.2) is 0 Å². The maximum absolute atomic E-state index is 13.6. The van der Waals surface area contributed by atoms with E-state index in [-0.39, 0.29) is 23.7 Å². The van der Waals surface area contributed by atoms with E-state index in [0.717, 1.165) is 19.5 Å². The van der Waals surface area contributed by atoms with Gasteiger partial charge in [-0.15, -0.1) is 0 Å². The Balaban J connectivity index is 1.87. The lowest BCUT2D eigenvalue weighted by atomic mass is 10.0. The van der Waals surface area contributed by atoms with Crippen LogP contribution >= 0.6 is 15.9 Å². The topological polar surface area (TPSA) is 53.2 Å². The lowest BCUT2D eigenvalue weighted by Gasteiger charge is -2.24. The number of amides is 1. The van der Waals surface area contributed by atoms with Crippen molar-refractivity contribution >= 4 is 27.5 Å². The highest BCUT2D eigenvalue weighted by Crippen LogP contribution is 2.19. The number of hydrogen-bond donors (Lipinski definition) is 3. The molecule has 1 fully saturated rings. The third kappa shape index (κ3) is 3.99. The van der Waals surface area contributed by atoms with Crippen LogP contribution in [0.1, 0.15) is 13.3 Å². The molecule has 1 aliphatic heterocycles. The van der Waals surface area contributed by atoms with E-state index in [1.54, 1.807) is 6.07 Å². The molecule has 1 unspecified atom stereocenters. The summed E-state index contributed by atoms with van der Waals surface area (Å²) >= 11 is 3.17. The van der Waals surface area contributed by atoms with Crippen LogP contribution in [-0.2, 0) is 4.79 Å². The van der Waals surface area contributed by atoms with Gasteiger partial charge in [0.25, 0.3) is 0 Å². The molecule has 1 aromatic carbocycles. The van der Waals surface area contributed by atoms with Gasteiger partial charge in [0.2, 0.25) is 5.91 Å². The molecule has 0 saturated carbocycles. The number of anilines is 1. The molecule has 0 aliphatic carbocycles. The van der Waals surface area contributed by atoms with Crippen molar-refractivity contribution in [2.45, 2.75) is 18.9 Å². The van der Waals surface area contributed by atoms with Gasteiger partial charge in [-0.2, -0.15) is 0 Å². The van der Waals surface area contributed by atoms with Crippen LogP contribution in [0.3, 0.4) is 0 Å². The summed E-state index contributed by atoms with van der Waals surface area (Å²) in [5.74, 6) is -0.689. The van der Waals surface area contributed by atoms with Gasteiger partial charge in [0, 0.05) is 16.6 Å². The highest BCUT2D eigenvalue weighted by molar-refractivity contribution is 9.10. The number of hydrogen-bond acceptors (Lipinski definition) is 3. The van der Waals surface area contributed by atoms with Gasteiger partial charge in [-0.1, -0.05) is 15.9 Å². The van der Waals surface area contributed by atoms with Crippen molar-refractivity contribution in [3.05, 3.63) is 28.5 Å². The fourth-order valence-electron chi connectivity index (χ4n) is 2.05. The molecule has 2 rings (SSSR count). The Morgan fingerprint density at radius 1 is 1.58 bits per heavy atom. The Morgan fingerprint density at radius 3 is 3.00 bits per heavy atom. The van der Waals surface area contributed by atoms with E-state index in [1.807, 2.05) is 0 Å².